The Hall–Kier alpha value is -2.99. The van der Waals surface area contributed by atoms with Gasteiger partial charge in [0, 0.05) is 23.7 Å². The number of nitrogens with two attached hydrogens (primary N) is 1. The number of anilines is 2. The Balaban J connectivity index is 1.74. The number of fused-ring (bicyclic) bond motifs is 2. The standard InChI is InChI=1S/C22H22N4OS/c1-2-6-15(13-23)17-11-10-16-19(24)20(28-21(16)25-17)22(27)26-12-5-8-14-7-3-4-9-18(14)26/h2-4,6-7,9-10,13,17,23H,1,5,8,11-12,24H2/b15-6+,23-13?. The first-order valence-corrected chi connectivity index (χ1v) is 10.1. The molecule has 4 rings (SSSR count). The maximum Gasteiger partial charge on any atom is 0.270 e. The summed E-state index contributed by atoms with van der Waals surface area (Å²) in [4.78, 5) is 20.5. The highest BCUT2D eigenvalue weighted by Crippen LogP contribution is 2.29. The fourth-order valence-electron chi connectivity index (χ4n) is 3.79. The minimum absolute atomic E-state index is 0.0573. The van der Waals surface area contributed by atoms with E-state index in [0.717, 1.165) is 34.0 Å². The number of amides is 1. The molecule has 0 saturated carbocycles. The number of para-hydroxylation sites is 1. The molecule has 1 atom stereocenters. The molecule has 2 aliphatic heterocycles. The topological polar surface area (TPSA) is 82.5 Å². The first kappa shape index (κ1) is 18.4. The van der Waals surface area contributed by atoms with Crippen LogP contribution in [0.1, 0.15) is 28.1 Å². The van der Waals surface area contributed by atoms with Gasteiger partial charge in [-0.15, -0.1) is 11.3 Å². The minimum atomic E-state index is -0.139. The average Bonchev–Trinajstić information content (AvgIpc) is 3.07. The van der Waals surface area contributed by atoms with Crippen LogP contribution in [0.3, 0.4) is 0 Å². The van der Waals surface area contributed by atoms with Crippen LogP contribution in [0.2, 0.25) is 0 Å². The van der Waals surface area contributed by atoms with Crippen molar-refractivity contribution in [2.45, 2.75) is 25.3 Å². The van der Waals surface area contributed by atoms with Crippen LogP contribution in [0.15, 0.2) is 53.6 Å². The summed E-state index contributed by atoms with van der Waals surface area (Å²) in [7, 11) is 0. The highest BCUT2D eigenvalue weighted by Gasteiger charge is 2.27. The van der Waals surface area contributed by atoms with Gasteiger partial charge < -0.3 is 16.0 Å². The minimum Gasteiger partial charge on any atom is -0.397 e. The number of rotatable bonds is 4. The first-order chi connectivity index (χ1) is 13.6. The molecule has 0 spiro atoms. The van der Waals surface area contributed by atoms with Gasteiger partial charge in [0.2, 0.25) is 0 Å². The Bertz CT molecular complexity index is 1110. The highest BCUT2D eigenvalue weighted by molar-refractivity contribution is 7.12. The fraction of sp³-hybridized carbons (Fsp3) is 0.227. The molecule has 1 unspecified atom stereocenters. The molecule has 0 bridgehead atoms. The molecule has 1 aromatic heterocycles. The summed E-state index contributed by atoms with van der Waals surface area (Å²) >= 11 is 1.35. The molecule has 3 N–H and O–H groups in total. The van der Waals surface area contributed by atoms with Crippen LogP contribution in [0.25, 0.3) is 6.08 Å². The monoisotopic (exact) mass is 390 g/mol. The van der Waals surface area contributed by atoms with Gasteiger partial charge in [-0.3, -0.25) is 9.79 Å². The van der Waals surface area contributed by atoms with Crippen molar-refractivity contribution in [3.63, 3.8) is 0 Å². The van der Waals surface area contributed by atoms with Gasteiger partial charge in [-0.2, -0.15) is 0 Å². The predicted molar refractivity (Wildman–Crippen MR) is 116 cm³/mol. The number of aryl methyl sites for hydroxylation is 1. The Morgan fingerprint density at radius 2 is 2.21 bits per heavy atom. The Kier molecular flexibility index (Phi) is 4.96. The van der Waals surface area contributed by atoms with Gasteiger partial charge in [-0.25, -0.2) is 0 Å². The van der Waals surface area contributed by atoms with Gasteiger partial charge >= 0.3 is 0 Å². The Morgan fingerprint density at radius 1 is 1.39 bits per heavy atom. The molecule has 2 aromatic rings. The van der Waals surface area contributed by atoms with Crippen LogP contribution >= 0.6 is 11.3 Å². The van der Waals surface area contributed by atoms with E-state index in [1.165, 1.54) is 23.1 Å². The SMILES string of the molecule is C=C/C=C(\C=N)C1CC=c2c(N)c(C(=O)N3CCCc4ccccc43)sc2=N1. The normalized spacial score (nSPS) is 18.4. The smallest absolute Gasteiger partial charge is 0.270 e. The number of allylic oxidation sites excluding steroid dienone is 2. The lowest BCUT2D eigenvalue weighted by molar-refractivity contribution is 0.0989. The highest BCUT2D eigenvalue weighted by atomic mass is 32.1. The van der Waals surface area contributed by atoms with E-state index in [2.05, 4.69) is 12.6 Å². The summed E-state index contributed by atoms with van der Waals surface area (Å²) in [6.45, 7) is 4.40. The van der Waals surface area contributed by atoms with E-state index in [0.29, 0.717) is 23.5 Å². The number of nitrogens with one attached hydrogen (secondary N) is 1. The van der Waals surface area contributed by atoms with Gasteiger partial charge in [-0.05, 0) is 36.5 Å². The van der Waals surface area contributed by atoms with E-state index in [1.807, 2.05) is 29.2 Å². The molecule has 0 radical (unpaired) electrons. The second-order valence-corrected chi connectivity index (χ2v) is 7.88. The average molecular weight is 391 g/mol. The Labute approximate surface area is 167 Å². The lowest BCUT2D eigenvalue weighted by Crippen LogP contribution is -2.35. The largest absolute Gasteiger partial charge is 0.397 e. The van der Waals surface area contributed by atoms with Crippen LogP contribution in [-0.2, 0) is 6.42 Å². The number of thiophene rings is 1. The van der Waals surface area contributed by atoms with Crippen molar-refractivity contribution in [2.75, 3.05) is 17.2 Å². The molecule has 1 amide bonds. The molecular formula is C22H22N4OS. The van der Waals surface area contributed by atoms with Crippen LogP contribution < -0.4 is 20.5 Å². The number of nitrogens with zero attached hydrogens (tertiary/aromatic N) is 2. The third-order valence-electron chi connectivity index (χ3n) is 5.19. The second-order valence-electron chi connectivity index (χ2n) is 6.88. The first-order valence-electron chi connectivity index (χ1n) is 9.33. The summed E-state index contributed by atoms with van der Waals surface area (Å²) in [5.41, 5.74) is 9.84. The molecule has 0 aliphatic carbocycles. The zero-order valence-corrected chi connectivity index (χ0v) is 16.3. The van der Waals surface area contributed by atoms with Crippen molar-refractivity contribution in [1.82, 2.24) is 0 Å². The zero-order chi connectivity index (χ0) is 19.7. The van der Waals surface area contributed by atoms with E-state index in [9.17, 15) is 4.79 Å². The van der Waals surface area contributed by atoms with Gasteiger partial charge in [0.05, 0.1) is 11.7 Å². The molecular weight excluding hydrogens is 368 g/mol. The zero-order valence-electron chi connectivity index (χ0n) is 15.5. The van der Waals surface area contributed by atoms with Crippen LogP contribution in [0, 0.1) is 5.41 Å². The van der Waals surface area contributed by atoms with Crippen LogP contribution in [0.5, 0.6) is 0 Å². The van der Waals surface area contributed by atoms with E-state index in [-0.39, 0.29) is 11.9 Å². The maximum absolute atomic E-state index is 13.3. The number of hydrogen-bond acceptors (Lipinski definition) is 5. The Morgan fingerprint density at radius 3 is 3.00 bits per heavy atom. The molecule has 5 nitrogen and oxygen atoms in total. The molecule has 28 heavy (non-hydrogen) atoms. The van der Waals surface area contributed by atoms with Crippen molar-refractivity contribution in [2.24, 2.45) is 4.99 Å². The lowest BCUT2D eigenvalue weighted by atomic mass is 10.0. The van der Waals surface area contributed by atoms with Gasteiger partial charge in [0.1, 0.15) is 9.55 Å². The molecule has 0 fully saturated rings. The lowest BCUT2D eigenvalue weighted by Gasteiger charge is -2.29. The van der Waals surface area contributed by atoms with Gasteiger partial charge in [0.15, 0.2) is 0 Å². The molecule has 142 valence electrons. The summed E-state index contributed by atoms with van der Waals surface area (Å²) in [5, 5.41) is 8.45. The van der Waals surface area contributed by atoms with Gasteiger partial charge in [-0.1, -0.05) is 43.0 Å². The van der Waals surface area contributed by atoms with Crippen molar-refractivity contribution in [3.8, 4) is 0 Å². The number of nitrogen functional groups attached to an aromatic ring is 1. The summed E-state index contributed by atoms with van der Waals surface area (Å²) in [5.74, 6) is -0.0573. The molecule has 3 heterocycles. The van der Waals surface area contributed by atoms with E-state index in [4.69, 9.17) is 16.1 Å². The molecule has 2 aliphatic rings. The number of hydrogen-bond donors (Lipinski definition) is 2. The number of carbonyl (C=O) groups excluding carboxylic acids is 1. The van der Waals surface area contributed by atoms with Crippen LogP contribution in [-0.4, -0.2) is 24.7 Å². The predicted octanol–water partition coefficient (Wildman–Crippen LogP) is 2.86. The van der Waals surface area contributed by atoms with Crippen molar-refractivity contribution < 1.29 is 4.79 Å². The second kappa shape index (κ2) is 7.56. The van der Waals surface area contributed by atoms with E-state index in [1.54, 1.807) is 12.2 Å². The molecule has 1 aromatic carbocycles. The van der Waals surface area contributed by atoms with E-state index >= 15 is 0 Å². The van der Waals surface area contributed by atoms with Crippen LogP contribution in [0.4, 0.5) is 11.4 Å². The quantitative estimate of drug-likeness (QED) is 0.622. The summed E-state index contributed by atoms with van der Waals surface area (Å²) in [6.07, 6.45) is 9.39. The van der Waals surface area contributed by atoms with Crippen molar-refractivity contribution in [3.05, 3.63) is 68.9 Å². The third kappa shape index (κ3) is 3.10. The molecule has 6 heteroatoms. The number of benzene rings is 1. The van der Waals surface area contributed by atoms with E-state index < -0.39 is 0 Å². The fourth-order valence-corrected chi connectivity index (χ4v) is 4.88. The third-order valence-corrected chi connectivity index (χ3v) is 6.31. The summed E-state index contributed by atoms with van der Waals surface area (Å²) < 4.78 is 0.763. The van der Waals surface area contributed by atoms with Crippen molar-refractivity contribution >= 4 is 40.9 Å². The van der Waals surface area contributed by atoms with Gasteiger partial charge in [0.25, 0.3) is 5.91 Å². The summed E-state index contributed by atoms with van der Waals surface area (Å²) in [6, 6.07) is 7.91. The maximum atomic E-state index is 13.3. The molecule has 0 saturated heterocycles. The number of carbonyl (C=O) groups is 1. The van der Waals surface area contributed by atoms with Crippen molar-refractivity contribution in [1.29, 1.82) is 5.41 Å².